The molecule has 1 heterocycles. The second-order valence-electron chi connectivity index (χ2n) is 6.08. The van der Waals surface area contributed by atoms with Gasteiger partial charge in [-0.2, -0.15) is 0 Å². The number of carbonyl (C=O) groups excluding carboxylic acids is 1. The monoisotopic (exact) mass is 344 g/mol. The van der Waals surface area contributed by atoms with Gasteiger partial charge in [0.15, 0.2) is 0 Å². The Bertz CT molecular complexity index is 490. The van der Waals surface area contributed by atoms with Crippen molar-refractivity contribution in [2.75, 3.05) is 33.4 Å². The predicted molar refractivity (Wildman–Crippen MR) is 91.5 cm³/mol. The quantitative estimate of drug-likeness (QED) is 0.832. The molecular weight excluding hydrogens is 319 g/mol. The molecular formula is C17H26ClFN2O2. The summed E-state index contributed by atoms with van der Waals surface area (Å²) in [6.07, 6.45) is 1.67. The zero-order chi connectivity index (χ0) is 16.0. The summed E-state index contributed by atoms with van der Waals surface area (Å²) in [6.45, 7) is 4.45. The van der Waals surface area contributed by atoms with Gasteiger partial charge in [-0.3, -0.25) is 4.79 Å². The van der Waals surface area contributed by atoms with E-state index in [2.05, 4.69) is 10.6 Å². The molecule has 2 rings (SSSR count). The molecule has 1 saturated heterocycles. The molecule has 130 valence electrons. The van der Waals surface area contributed by atoms with Gasteiger partial charge in [0, 0.05) is 37.6 Å². The molecule has 2 N–H and O–H groups in total. The minimum absolute atomic E-state index is 0. The number of ether oxygens (including phenoxy) is 1. The number of halogens is 2. The van der Waals surface area contributed by atoms with Gasteiger partial charge >= 0.3 is 0 Å². The van der Waals surface area contributed by atoms with Gasteiger partial charge in [-0.05, 0) is 37.6 Å². The molecule has 0 radical (unpaired) electrons. The van der Waals surface area contributed by atoms with Crippen molar-refractivity contribution in [2.24, 2.45) is 5.92 Å². The Morgan fingerprint density at radius 3 is 2.48 bits per heavy atom. The lowest BCUT2D eigenvalue weighted by molar-refractivity contribution is -0.124. The summed E-state index contributed by atoms with van der Waals surface area (Å²) in [7, 11) is 1.84. The Morgan fingerprint density at radius 1 is 1.30 bits per heavy atom. The van der Waals surface area contributed by atoms with Crippen LogP contribution in [0.2, 0.25) is 0 Å². The van der Waals surface area contributed by atoms with E-state index >= 15 is 0 Å². The van der Waals surface area contributed by atoms with Crippen LogP contribution < -0.4 is 10.6 Å². The maximum absolute atomic E-state index is 13.2. The summed E-state index contributed by atoms with van der Waals surface area (Å²) in [4.78, 5) is 12.2. The topological polar surface area (TPSA) is 50.4 Å². The van der Waals surface area contributed by atoms with E-state index in [0.29, 0.717) is 26.3 Å². The van der Waals surface area contributed by atoms with Crippen LogP contribution in [-0.4, -0.2) is 39.3 Å². The molecule has 1 aromatic carbocycles. The summed E-state index contributed by atoms with van der Waals surface area (Å²) < 4.78 is 18.6. The van der Waals surface area contributed by atoms with Gasteiger partial charge in [-0.1, -0.05) is 19.1 Å². The van der Waals surface area contributed by atoms with Crippen molar-refractivity contribution in [2.45, 2.75) is 25.2 Å². The van der Waals surface area contributed by atoms with Crippen LogP contribution >= 0.6 is 12.4 Å². The SMILES string of the molecule is CNCC(C)C(=O)NCC1(c2ccc(F)cc2)CCOCC1.Cl. The first-order valence-corrected chi connectivity index (χ1v) is 7.83. The molecule has 0 spiro atoms. The van der Waals surface area contributed by atoms with E-state index in [4.69, 9.17) is 4.74 Å². The molecule has 1 amide bonds. The predicted octanol–water partition coefficient (Wildman–Crippen LogP) is 2.27. The second-order valence-corrected chi connectivity index (χ2v) is 6.08. The van der Waals surface area contributed by atoms with Gasteiger partial charge in [-0.25, -0.2) is 4.39 Å². The highest BCUT2D eigenvalue weighted by Gasteiger charge is 2.35. The van der Waals surface area contributed by atoms with Crippen LogP contribution in [0, 0.1) is 11.7 Å². The normalized spacial score (nSPS) is 17.9. The molecule has 6 heteroatoms. The van der Waals surface area contributed by atoms with Crippen LogP contribution in [0.25, 0.3) is 0 Å². The fraction of sp³-hybridized carbons (Fsp3) is 0.588. The van der Waals surface area contributed by atoms with Gasteiger partial charge in [0.25, 0.3) is 0 Å². The highest BCUT2D eigenvalue weighted by Crippen LogP contribution is 2.34. The third-order valence-corrected chi connectivity index (χ3v) is 4.47. The smallest absolute Gasteiger partial charge is 0.224 e. The minimum Gasteiger partial charge on any atom is -0.381 e. The van der Waals surface area contributed by atoms with Crippen LogP contribution in [0.5, 0.6) is 0 Å². The highest BCUT2D eigenvalue weighted by atomic mass is 35.5. The van der Waals surface area contributed by atoms with Crippen molar-refractivity contribution < 1.29 is 13.9 Å². The van der Waals surface area contributed by atoms with Crippen LogP contribution in [0.1, 0.15) is 25.3 Å². The van der Waals surface area contributed by atoms with E-state index < -0.39 is 0 Å². The molecule has 1 unspecified atom stereocenters. The Morgan fingerprint density at radius 2 is 1.91 bits per heavy atom. The Balaban J connectivity index is 0.00000264. The molecule has 23 heavy (non-hydrogen) atoms. The van der Waals surface area contributed by atoms with E-state index in [1.807, 2.05) is 26.1 Å². The van der Waals surface area contributed by atoms with Crippen molar-refractivity contribution in [1.82, 2.24) is 10.6 Å². The number of benzene rings is 1. The summed E-state index contributed by atoms with van der Waals surface area (Å²) in [6, 6.07) is 6.61. The van der Waals surface area contributed by atoms with Crippen molar-refractivity contribution in [3.63, 3.8) is 0 Å². The fourth-order valence-corrected chi connectivity index (χ4v) is 2.96. The first kappa shape index (κ1) is 19.9. The summed E-state index contributed by atoms with van der Waals surface area (Å²) in [5, 5.41) is 6.07. The molecule has 0 saturated carbocycles. The molecule has 0 aromatic heterocycles. The Kier molecular flexibility index (Phi) is 7.95. The lowest BCUT2D eigenvalue weighted by Crippen LogP contribution is -2.46. The lowest BCUT2D eigenvalue weighted by atomic mass is 9.74. The second kappa shape index (κ2) is 9.21. The molecule has 1 aliphatic heterocycles. The molecule has 1 aromatic rings. The van der Waals surface area contributed by atoms with Gasteiger partial charge in [0.05, 0.1) is 0 Å². The van der Waals surface area contributed by atoms with Gasteiger partial charge in [-0.15, -0.1) is 12.4 Å². The fourth-order valence-electron chi connectivity index (χ4n) is 2.96. The largest absolute Gasteiger partial charge is 0.381 e. The zero-order valence-electron chi connectivity index (χ0n) is 13.7. The molecule has 1 aliphatic rings. The van der Waals surface area contributed by atoms with Crippen molar-refractivity contribution in [3.8, 4) is 0 Å². The molecule has 0 aliphatic carbocycles. The third kappa shape index (κ3) is 5.16. The van der Waals surface area contributed by atoms with Crippen molar-refractivity contribution >= 4 is 18.3 Å². The average molecular weight is 345 g/mol. The molecule has 1 fully saturated rings. The number of nitrogens with one attached hydrogen (secondary N) is 2. The summed E-state index contributed by atoms with van der Waals surface area (Å²) in [5.74, 6) is -0.268. The standard InChI is InChI=1S/C17H25FN2O2.ClH/c1-13(11-19-2)16(21)20-12-17(7-9-22-10-8-17)14-3-5-15(18)6-4-14;/h3-6,13,19H,7-12H2,1-2H3,(H,20,21);1H. The number of amides is 1. The zero-order valence-corrected chi connectivity index (χ0v) is 14.5. The summed E-state index contributed by atoms with van der Waals surface area (Å²) in [5.41, 5.74) is 0.903. The van der Waals surface area contributed by atoms with Crippen LogP contribution in [-0.2, 0) is 14.9 Å². The van der Waals surface area contributed by atoms with E-state index in [1.54, 1.807) is 0 Å². The highest BCUT2D eigenvalue weighted by molar-refractivity contribution is 5.85. The number of hydrogen-bond acceptors (Lipinski definition) is 3. The number of hydrogen-bond donors (Lipinski definition) is 2. The maximum Gasteiger partial charge on any atom is 0.224 e. The van der Waals surface area contributed by atoms with Crippen LogP contribution in [0.4, 0.5) is 4.39 Å². The van der Waals surface area contributed by atoms with Crippen LogP contribution in [0.3, 0.4) is 0 Å². The Hall–Kier alpha value is -1.17. The first-order valence-electron chi connectivity index (χ1n) is 7.83. The lowest BCUT2D eigenvalue weighted by Gasteiger charge is -2.38. The number of rotatable bonds is 6. The van der Waals surface area contributed by atoms with Crippen molar-refractivity contribution in [1.29, 1.82) is 0 Å². The maximum atomic E-state index is 13.2. The van der Waals surface area contributed by atoms with Gasteiger partial charge in [0.2, 0.25) is 5.91 Å². The number of carbonyl (C=O) groups is 1. The average Bonchev–Trinajstić information content (AvgIpc) is 2.54. The van der Waals surface area contributed by atoms with E-state index in [9.17, 15) is 9.18 Å². The third-order valence-electron chi connectivity index (χ3n) is 4.47. The Labute approximate surface area is 143 Å². The molecule has 0 bridgehead atoms. The van der Waals surface area contributed by atoms with E-state index in [-0.39, 0.29) is 35.5 Å². The van der Waals surface area contributed by atoms with Crippen molar-refractivity contribution in [3.05, 3.63) is 35.6 Å². The first-order chi connectivity index (χ1) is 10.6. The van der Waals surface area contributed by atoms with Gasteiger partial charge in [0.1, 0.15) is 5.82 Å². The van der Waals surface area contributed by atoms with E-state index in [0.717, 1.165) is 18.4 Å². The molecule has 4 nitrogen and oxygen atoms in total. The van der Waals surface area contributed by atoms with E-state index in [1.165, 1.54) is 12.1 Å². The molecule has 1 atom stereocenters. The summed E-state index contributed by atoms with van der Waals surface area (Å²) >= 11 is 0. The van der Waals surface area contributed by atoms with Crippen LogP contribution in [0.15, 0.2) is 24.3 Å². The minimum atomic E-state index is -0.238. The van der Waals surface area contributed by atoms with Gasteiger partial charge < -0.3 is 15.4 Å².